The molecule has 1 aromatic carbocycles. The summed E-state index contributed by atoms with van der Waals surface area (Å²) in [6, 6.07) is 11.9. The Balaban J connectivity index is 2.81. The molecule has 0 heterocycles. The van der Waals surface area contributed by atoms with Gasteiger partial charge in [-0.2, -0.15) is 0 Å². The van der Waals surface area contributed by atoms with E-state index >= 15 is 0 Å². The SMILES string of the molecule is C[Si](C)(C)CCCCO[Si](C)(O[Si](C)(C)O[Si](C)(C)C)c1ccccc1. The van der Waals surface area contributed by atoms with Crippen molar-refractivity contribution >= 4 is 38.7 Å². The lowest BCUT2D eigenvalue weighted by atomic mass is 10.4. The molecule has 0 saturated carbocycles. The minimum absolute atomic E-state index is 0.777. The molecule has 7 heteroatoms. The van der Waals surface area contributed by atoms with Gasteiger partial charge in [-0.3, -0.25) is 0 Å². The number of benzene rings is 1. The zero-order chi connectivity index (χ0) is 20.1. The topological polar surface area (TPSA) is 27.7 Å². The van der Waals surface area contributed by atoms with E-state index in [-0.39, 0.29) is 0 Å². The van der Waals surface area contributed by atoms with Crippen LogP contribution in [-0.4, -0.2) is 40.1 Å². The van der Waals surface area contributed by atoms with Crippen LogP contribution in [0.15, 0.2) is 30.3 Å². The second-order valence-electron chi connectivity index (χ2n) is 9.89. The molecule has 0 saturated heterocycles. The third-order valence-electron chi connectivity index (χ3n) is 3.99. The second kappa shape index (κ2) is 9.45. The van der Waals surface area contributed by atoms with Crippen molar-refractivity contribution in [3.05, 3.63) is 30.3 Å². The number of rotatable bonds is 11. The van der Waals surface area contributed by atoms with E-state index in [4.69, 9.17) is 12.7 Å². The van der Waals surface area contributed by atoms with Crippen molar-refractivity contribution in [2.45, 2.75) is 77.8 Å². The van der Waals surface area contributed by atoms with Gasteiger partial charge in [-0.15, -0.1) is 0 Å². The molecule has 0 spiro atoms. The molecule has 1 aromatic rings. The lowest BCUT2D eigenvalue weighted by Gasteiger charge is -2.38. The van der Waals surface area contributed by atoms with Gasteiger partial charge in [0.05, 0.1) is 0 Å². The Morgan fingerprint density at radius 1 is 0.731 bits per heavy atom. The van der Waals surface area contributed by atoms with E-state index in [1.807, 2.05) is 6.07 Å². The highest BCUT2D eigenvalue weighted by Gasteiger charge is 2.43. The first-order valence-electron chi connectivity index (χ1n) is 9.82. The van der Waals surface area contributed by atoms with Gasteiger partial charge >= 0.3 is 17.1 Å². The molecule has 0 bridgehead atoms. The zero-order valence-corrected chi connectivity index (χ0v) is 22.4. The van der Waals surface area contributed by atoms with Crippen molar-refractivity contribution in [1.29, 1.82) is 0 Å². The van der Waals surface area contributed by atoms with E-state index < -0.39 is 33.5 Å². The molecule has 0 aliphatic carbocycles. The summed E-state index contributed by atoms with van der Waals surface area (Å²) in [7, 11) is -7.35. The normalized spacial score (nSPS) is 15.7. The van der Waals surface area contributed by atoms with Crippen molar-refractivity contribution in [2.75, 3.05) is 6.61 Å². The molecule has 0 radical (unpaired) electrons. The van der Waals surface area contributed by atoms with Crippen LogP contribution in [0.2, 0.25) is 65.0 Å². The van der Waals surface area contributed by atoms with Gasteiger partial charge in [0.2, 0.25) is 0 Å². The Morgan fingerprint density at radius 2 is 1.31 bits per heavy atom. The maximum absolute atomic E-state index is 6.71. The van der Waals surface area contributed by atoms with Crippen LogP contribution in [0.25, 0.3) is 0 Å². The average molecular weight is 429 g/mol. The molecule has 150 valence electrons. The fourth-order valence-corrected chi connectivity index (χ4v) is 16.9. The van der Waals surface area contributed by atoms with Crippen LogP contribution in [0.4, 0.5) is 0 Å². The van der Waals surface area contributed by atoms with E-state index in [1.165, 1.54) is 17.7 Å². The third kappa shape index (κ3) is 9.77. The van der Waals surface area contributed by atoms with Crippen molar-refractivity contribution in [3.63, 3.8) is 0 Å². The van der Waals surface area contributed by atoms with Crippen LogP contribution >= 0.6 is 0 Å². The number of hydrogen-bond acceptors (Lipinski definition) is 3. The van der Waals surface area contributed by atoms with E-state index in [1.54, 1.807) is 0 Å². The first-order valence-corrected chi connectivity index (χ1v) is 22.1. The van der Waals surface area contributed by atoms with Crippen LogP contribution < -0.4 is 5.19 Å². The average Bonchev–Trinajstić information content (AvgIpc) is 2.43. The van der Waals surface area contributed by atoms with E-state index in [2.05, 4.69) is 83.2 Å². The first kappa shape index (κ1) is 24.0. The summed E-state index contributed by atoms with van der Waals surface area (Å²) in [6.45, 7) is 21.3. The maximum atomic E-state index is 6.71. The van der Waals surface area contributed by atoms with Gasteiger partial charge in [-0.05, 0) is 50.9 Å². The largest absolute Gasteiger partial charge is 0.437 e. The molecule has 1 rings (SSSR count). The summed E-state index contributed by atoms with van der Waals surface area (Å²) in [5.74, 6) is 0. The van der Waals surface area contributed by atoms with E-state index in [0.29, 0.717) is 0 Å². The Bertz CT molecular complexity index is 538. The van der Waals surface area contributed by atoms with E-state index in [0.717, 1.165) is 13.0 Å². The minimum atomic E-state index is -2.49. The van der Waals surface area contributed by atoms with Gasteiger partial charge in [0.25, 0.3) is 0 Å². The summed E-state index contributed by atoms with van der Waals surface area (Å²) in [6.07, 6.45) is 2.36. The summed E-state index contributed by atoms with van der Waals surface area (Å²) >= 11 is 0. The minimum Gasteiger partial charge on any atom is -0.437 e. The molecule has 0 N–H and O–H groups in total. The molecule has 26 heavy (non-hydrogen) atoms. The Morgan fingerprint density at radius 3 is 1.81 bits per heavy atom. The lowest BCUT2D eigenvalue weighted by molar-refractivity contribution is 0.232. The molecule has 1 unspecified atom stereocenters. The van der Waals surface area contributed by atoms with Crippen LogP contribution in [0.1, 0.15) is 12.8 Å². The lowest BCUT2D eigenvalue weighted by Crippen LogP contribution is -2.60. The van der Waals surface area contributed by atoms with Gasteiger partial charge in [-0.25, -0.2) is 0 Å². The Hall–Kier alpha value is -0.0325. The van der Waals surface area contributed by atoms with Crippen LogP contribution in [0.3, 0.4) is 0 Å². The smallest absolute Gasteiger partial charge is 0.360 e. The molecule has 1 atom stereocenters. The summed E-state index contributed by atoms with van der Waals surface area (Å²) in [4.78, 5) is 0. The predicted molar refractivity (Wildman–Crippen MR) is 124 cm³/mol. The molecular weight excluding hydrogens is 389 g/mol. The number of hydrogen-bond donors (Lipinski definition) is 0. The monoisotopic (exact) mass is 428 g/mol. The molecule has 0 aliphatic rings. The summed E-state index contributed by atoms with van der Waals surface area (Å²) in [5.41, 5.74) is 0. The van der Waals surface area contributed by atoms with Crippen molar-refractivity contribution in [2.24, 2.45) is 0 Å². The summed E-state index contributed by atoms with van der Waals surface area (Å²) in [5, 5.41) is 1.20. The van der Waals surface area contributed by atoms with Gasteiger partial charge in [0.15, 0.2) is 8.32 Å². The predicted octanol–water partition coefficient (Wildman–Crippen LogP) is 5.67. The molecule has 3 nitrogen and oxygen atoms in total. The fraction of sp³-hybridized carbons (Fsp3) is 0.684. The van der Waals surface area contributed by atoms with E-state index in [9.17, 15) is 0 Å². The zero-order valence-electron chi connectivity index (χ0n) is 18.4. The van der Waals surface area contributed by atoms with Crippen LogP contribution in [-0.2, 0) is 12.7 Å². The highest BCUT2D eigenvalue weighted by Crippen LogP contribution is 2.22. The second-order valence-corrected chi connectivity index (χ2v) is 26.9. The van der Waals surface area contributed by atoms with Crippen molar-refractivity contribution in [3.8, 4) is 0 Å². The third-order valence-corrected chi connectivity index (χ3v) is 15.9. The van der Waals surface area contributed by atoms with Crippen molar-refractivity contribution in [1.82, 2.24) is 0 Å². The quantitative estimate of drug-likeness (QED) is 0.335. The van der Waals surface area contributed by atoms with Gasteiger partial charge in [0.1, 0.15) is 0 Å². The first-order chi connectivity index (χ1) is 11.7. The molecule has 0 aliphatic heterocycles. The molecule has 0 fully saturated rings. The summed E-state index contributed by atoms with van der Waals surface area (Å²) < 4.78 is 19.6. The fourth-order valence-electron chi connectivity index (χ4n) is 3.16. The Labute approximate surface area is 166 Å². The van der Waals surface area contributed by atoms with Crippen LogP contribution in [0.5, 0.6) is 0 Å². The molecular formula is C19H40O3Si4. The maximum Gasteiger partial charge on any atom is 0.360 e. The number of unbranched alkanes of at least 4 members (excludes halogenated alkanes) is 1. The highest BCUT2D eigenvalue weighted by atomic mass is 28.5. The van der Waals surface area contributed by atoms with Crippen LogP contribution in [0, 0.1) is 0 Å². The molecule has 0 aromatic heterocycles. The molecule has 0 amide bonds. The van der Waals surface area contributed by atoms with Gasteiger partial charge < -0.3 is 12.7 Å². The van der Waals surface area contributed by atoms with Gasteiger partial charge in [-0.1, -0.05) is 62.4 Å². The standard InChI is InChI=1S/C19H40O3Si4/c1-23(2,3)18-14-13-17-20-26(9,19-15-11-10-12-16-19)22-25(7,8)21-24(4,5)6/h10-12,15-16H,13-14,17-18H2,1-9H3. The Kier molecular flexibility index (Phi) is 8.72. The highest BCUT2D eigenvalue weighted by molar-refractivity contribution is 6.90. The van der Waals surface area contributed by atoms with Crippen molar-refractivity contribution < 1.29 is 12.7 Å². The van der Waals surface area contributed by atoms with Gasteiger partial charge in [0, 0.05) is 14.7 Å².